The molecule has 4 N–H and O–H groups in total. The molecular formula is C78H84O8. The molecular weight excluding hydrogens is 1060 g/mol. The molecule has 0 saturated heterocycles. The van der Waals surface area contributed by atoms with Crippen LogP contribution in [0.3, 0.4) is 0 Å². The van der Waals surface area contributed by atoms with E-state index < -0.39 is 33.6 Å². The van der Waals surface area contributed by atoms with Crippen molar-refractivity contribution in [3.05, 3.63) is 239 Å². The number of aliphatic hydroxyl groups is 4. The van der Waals surface area contributed by atoms with Gasteiger partial charge in [-0.25, -0.2) is 0 Å². The summed E-state index contributed by atoms with van der Waals surface area (Å²) in [6.45, 7) is 5.19. The number of hydrogen-bond donors (Lipinski definition) is 4. The summed E-state index contributed by atoms with van der Waals surface area (Å²) >= 11 is 0. The van der Waals surface area contributed by atoms with Gasteiger partial charge in [0.1, 0.15) is 13.6 Å². The van der Waals surface area contributed by atoms with Gasteiger partial charge >= 0.3 is 0 Å². The highest BCUT2D eigenvalue weighted by Gasteiger charge is 2.48. The van der Waals surface area contributed by atoms with Crippen LogP contribution in [0.15, 0.2) is 194 Å². The zero-order valence-electron chi connectivity index (χ0n) is 50.6. The van der Waals surface area contributed by atoms with Gasteiger partial charge in [0.15, 0.2) is 0 Å². The van der Waals surface area contributed by atoms with Gasteiger partial charge in [-0.05, 0) is 203 Å². The van der Waals surface area contributed by atoms with Crippen molar-refractivity contribution in [3.8, 4) is 44.5 Å². The Morgan fingerprint density at radius 3 is 0.605 bits per heavy atom. The van der Waals surface area contributed by atoms with Crippen molar-refractivity contribution < 1.29 is 39.4 Å². The predicted molar refractivity (Wildman–Crippen MR) is 341 cm³/mol. The molecule has 0 radical (unpaired) electrons. The predicted octanol–water partition coefficient (Wildman–Crippen LogP) is 16.7. The second-order valence-corrected chi connectivity index (χ2v) is 27.0. The minimum atomic E-state index is -1.03. The van der Waals surface area contributed by atoms with E-state index in [1.54, 1.807) is 14.2 Å². The summed E-state index contributed by atoms with van der Waals surface area (Å²) in [5.41, 5.74) is 12.2. The molecule has 444 valence electrons. The first-order valence-electron chi connectivity index (χ1n) is 31.5. The van der Waals surface area contributed by atoms with Gasteiger partial charge in [-0.3, -0.25) is 0 Å². The molecule has 0 atom stereocenters. The lowest BCUT2D eigenvalue weighted by Crippen LogP contribution is -2.43. The molecule has 0 aromatic heterocycles. The lowest BCUT2D eigenvalue weighted by atomic mass is 9.60. The Labute approximate surface area is 508 Å². The van der Waals surface area contributed by atoms with Crippen LogP contribution in [0.2, 0.25) is 0 Å². The zero-order valence-corrected chi connectivity index (χ0v) is 50.6. The third-order valence-corrected chi connectivity index (χ3v) is 22.0. The third kappa shape index (κ3) is 10.9. The fourth-order valence-corrected chi connectivity index (χ4v) is 15.6. The molecule has 31 rings (SSSR count). The van der Waals surface area contributed by atoms with Crippen LogP contribution in [0, 0.1) is 0 Å². The van der Waals surface area contributed by atoms with Crippen LogP contribution < -0.4 is 0 Å². The maximum absolute atomic E-state index is 12.1. The summed E-state index contributed by atoms with van der Waals surface area (Å²) in [5.74, 6) is 0. The normalized spacial score (nSPS) is 29.8. The Morgan fingerprint density at radius 2 is 0.419 bits per heavy atom. The summed E-state index contributed by atoms with van der Waals surface area (Å²) in [5, 5.41) is 48.5. The third-order valence-electron chi connectivity index (χ3n) is 22.0. The number of ether oxygens (including phenoxy) is 4. The van der Waals surface area contributed by atoms with Gasteiger partial charge in [-0.15, -0.1) is 0 Å². The molecule has 86 heavy (non-hydrogen) atoms. The van der Waals surface area contributed by atoms with E-state index >= 15 is 0 Å². The molecule has 8 aromatic rings. The van der Waals surface area contributed by atoms with Crippen LogP contribution >= 0.6 is 0 Å². The van der Waals surface area contributed by atoms with E-state index in [4.69, 9.17) is 18.9 Å². The van der Waals surface area contributed by atoms with E-state index in [0.29, 0.717) is 77.0 Å². The molecule has 24 bridgehead atoms. The van der Waals surface area contributed by atoms with E-state index in [9.17, 15) is 20.4 Å². The molecule has 0 aliphatic heterocycles. The van der Waals surface area contributed by atoms with Gasteiger partial charge in [0.25, 0.3) is 0 Å². The molecule has 0 spiro atoms. The molecule has 4 saturated carbocycles. The van der Waals surface area contributed by atoms with Gasteiger partial charge in [-0.1, -0.05) is 208 Å². The van der Waals surface area contributed by atoms with E-state index in [2.05, 4.69) is 208 Å². The van der Waals surface area contributed by atoms with Gasteiger partial charge in [0.2, 0.25) is 0 Å². The molecule has 0 amide bonds. The first-order valence-corrected chi connectivity index (χ1v) is 31.5. The highest BCUT2D eigenvalue weighted by molar-refractivity contribution is 5.68. The standard InChI is InChI=1S/C78H84O8/c1-71-37-39-72(2,40-38-71)64-23-7-56(8-24-64)58-11-27-66(28-12-58)74(80)43-47-76(82,48-44-74)68-31-15-60(16-32-68)62-19-35-70(36-20-62)78(86-54-84-4)51-49-77(50-52-78,85-53-83-3)69-33-17-61(18-34-69)59-13-29-67(30-14-59)75(81)45-41-73(79,42-46-75)65-25-9-57(10-26-65)55-5-21-63(71)22-6-55/h5-36,79-82H,37-54H2,1-4H3. The fourth-order valence-electron chi connectivity index (χ4n) is 15.6. The van der Waals surface area contributed by atoms with Crippen molar-refractivity contribution in [3.63, 3.8) is 0 Å². The van der Waals surface area contributed by atoms with Gasteiger partial charge < -0.3 is 39.4 Å². The quantitative estimate of drug-likeness (QED) is 0.122. The summed E-state index contributed by atoms with van der Waals surface area (Å²) in [6, 6.07) is 69.1. The van der Waals surface area contributed by atoms with E-state index in [1.165, 1.54) is 11.1 Å². The Morgan fingerprint density at radius 1 is 0.244 bits per heavy atom. The molecule has 23 aliphatic rings. The van der Waals surface area contributed by atoms with E-state index in [0.717, 1.165) is 104 Å². The van der Waals surface area contributed by atoms with Crippen LogP contribution in [0.4, 0.5) is 0 Å². The fraction of sp³-hybridized carbons (Fsp3) is 0.385. The minimum absolute atomic E-state index is 0.0888. The zero-order chi connectivity index (χ0) is 59.4. The van der Waals surface area contributed by atoms with Crippen molar-refractivity contribution in [2.24, 2.45) is 0 Å². The van der Waals surface area contributed by atoms with Crippen molar-refractivity contribution in [2.45, 2.75) is 161 Å². The summed E-state index contributed by atoms with van der Waals surface area (Å²) in [7, 11) is 3.33. The minimum Gasteiger partial charge on any atom is -0.385 e. The summed E-state index contributed by atoms with van der Waals surface area (Å²) in [4.78, 5) is 0. The maximum atomic E-state index is 12.1. The summed E-state index contributed by atoms with van der Waals surface area (Å²) < 4.78 is 24.4. The topological polar surface area (TPSA) is 118 Å². The highest BCUT2D eigenvalue weighted by atomic mass is 16.7. The van der Waals surface area contributed by atoms with Gasteiger partial charge in [-0.2, -0.15) is 0 Å². The van der Waals surface area contributed by atoms with Crippen LogP contribution in [0.1, 0.15) is 161 Å². The first-order chi connectivity index (χ1) is 41.5. The van der Waals surface area contributed by atoms with Gasteiger partial charge in [0, 0.05) is 14.2 Å². The first kappa shape index (κ1) is 58.5. The largest absolute Gasteiger partial charge is 0.385 e. The average molecular weight is 1150 g/mol. The SMILES string of the molecule is COCOC12CCC(OCOC)(CC1)c1ccc(cc1)-c1ccc(cc1)C1(O)CCC(O)(CC1)c1ccc(cc1)-c1ccc(cc1)C1(C)CCC(C)(CC1)c1ccc(cc1)-c1ccc(cc1)C1(O)CCC(O)(CC1)c1ccc(cc1)-c1ccc2cc1. The number of benzene rings is 8. The van der Waals surface area contributed by atoms with Crippen LogP contribution in [0.5, 0.6) is 0 Å². The molecule has 8 aromatic carbocycles. The lowest BCUT2D eigenvalue weighted by molar-refractivity contribution is -0.203. The second-order valence-electron chi connectivity index (χ2n) is 27.0. The number of hydrogen-bond acceptors (Lipinski definition) is 8. The average Bonchev–Trinajstić information content (AvgIpc) is 1.31. The van der Waals surface area contributed by atoms with Crippen LogP contribution in [-0.4, -0.2) is 48.2 Å². The molecule has 0 heterocycles. The van der Waals surface area contributed by atoms with Crippen molar-refractivity contribution in [1.82, 2.24) is 0 Å². The Bertz CT molecular complexity index is 3350. The molecule has 4 fully saturated rings. The molecule has 8 nitrogen and oxygen atoms in total. The van der Waals surface area contributed by atoms with Crippen LogP contribution in [-0.2, 0) is 63.4 Å². The second kappa shape index (κ2) is 22.9. The molecule has 0 unspecified atom stereocenters. The number of rotatable bonds is 6. The lowest BCUT2D eigenvalue weighted by Gasteiger charge is -2.46. The number of methoxy groups -OCH3 is 2. The molecule has 23 aliphatic carbocycles. The monoisotopic (exact) mass is 1150 g/mol. The van der Waals surface area contributed by atoms with Gasteiger partial charge in [0.05, 0.1) is 33.6 Å². The Hall–Kier alpha value is -6.56. The molecule has 8 heteroatoms. The Kier molecular flexibility index (Phi) is 15.5. The highest BCUT2D eigenvalue weighted by Crippen LogP contribution is 2.53. The van der Waals surface area contributed by atoms with Crippen molar-refractivity contribution in [2.75, 3.05) is 27.8 Å². The van der Waals surface area contributed by atoms with Crippen molar-refractivity contribution >= 4 is 0 Å². The van der Waals surface area contributed by atoms with E-state index in [-0.39, 0.29) is 24.4 Å². The van der Waals surface area contributed by atoms with E-state index in [1.807, 2.05) is 0 Å². The smallest absolute Gasteiger partial charge is 0.147 e. The Balaban J connectivity index is 0.765. The maximum Gasteiger partial charge on any atom is 0.147 e. The van der Waals surface area contributed by atoms with Crippen molar-refractivity contribution in [1.29, 1.82) is 0 Å². The summed E-state index contributed by atoms with van der Waals surface area (Å²) in [6.07, 6.45) is 10.9. The van der Waals surface area contributed by atoms with Crippen LogP contribution in [0.25, 0.3) is 44.5 Å².